The topological polar surface area (TPSA) is 99.5 Å². The van der Waals surface area contributed by atoms with Crippen molar-refractivity contribution in [3.05, 3.63) is 59.8 Å². The maximum atomic E-state index is 13.0. The Morgan fingerprint density at radius 2 is 1.78 bits per heavy atom. The van der Waals surface area contributed by atoms with Crippen LogP contribution in [0.4, 0.5) is 0 Å². The molecule has 2 aromatic carbocycles. The average molecular weight is 511 g/mol. The molecular weight excluding hydrogens is 472 g/mol. The van der Waals surface area contributed by atoms with Gasteiger partial charge in [-0.2, -0.15) is 0 Å². The molecule has 8 heteroatoms. The summed E-state index contributed by atoms with van der Waals surface area (Å²) in [5, 5.41) is 1.09. The molecule has 0 spiro atoms. The third-order valence-corrected chi connectivity index (χ3v) is 9.39. The molecule has 36 heavy (non-hydrogen) atoms. The van der Waals surface area contributed by atoms with Gasteiger partial charge in [-0.05, 0) is 79.2 Å². The first-order valence-corrected chi connectivity index (χ1v) is 14.6. The van der Waals surface area contributed by atoms with Crippen LogP contribution in [0.3, 0.4) is 0 Å². The Labute approximate surface area is 214 Å². The maximum Gasteiger partial charge on any atom is 0.221 e. The molecule has 1 aromatic heterocycles. The minimum atomic E-state index is -3.25. The van der Waals surface area contributed by atoms with Crippen molar-refractivity contribution in [3.63, 3.8) is 0 Å². The summed E-state index contributed by atoms with van der Waals surface area (Å²) in [6, 6.07) is 14.3. The van der Waals surface area contributed by atoms with E-state index >= 15 is 0 Å². The number of sulfonamides is 1. The number of nitrogens with zero attached hydrogens (tertiary/aromatic N) is 2. The number of aromatic amines is 1. The molecule has 1 amide bonds. The lowest BCUT2D eigenvalue weighted by Gasteiger charge is -2.31. The number of carbonyl (C=O) groups excluding carboxylic acids is 1. The summed E-state index contributed by atoms with van der Waals surface area (Å²) in [6.45, 7) is 7.99. The van der Waals surface area contributed by atoms with E-state index in [1.54, 1.807) is 4.31 Å². The fraction of sp³-hybridized carbons (Fsp3) is 0.464. The Hall–Kier alpha value is -2.68. The summed E-state index contributed by atoms with van der Waals surface area (Å²) >= 11 is 0. The summed E-state index contributed by atoms with van der Waals surface area (Å²) in [5.41, 5.74) is 10.7. The van der Waals surface area contributed by atoms with Crippen LogP contribution < -0.4 is 5.73 Å². The van der Waals surface area contributed by atoms with E-state index in [-0.39, 0.29) is 24.0 Å². The van der Waals surface area contributed by atoms with Crippen LogP contribution in [-0.2, 0) is 21.2 Å². The predicted molar refractivity (Wildman–Crippen MR) is 146 cm³/mol. The van der Waals surface area contributed by atoms with E-state index in [1.165, 1.54) is 5.56 Å². The molecule has 2 heterocycles. The lowest BCUT2D eigenvalue weighted by Crippen LogP contribution is -2.39. The number of amides is 1. The van der Waals surface area contributed by atoms with Crippen molar-refractivity contribution in [3.8, 4) is 11.1 Å². The maximum absolute atomic E-state index is 13.0. The zero-order chi connectivity index (χ0) is 25.7. The van der Waals surface area contributed by atoms with E-state index in [9.17, 15) is 13.2 Å². The highest BCUT2D eigenvalue weighted by Crippen LogP contribution is 2.37. The lowest BCUT2D eigenvalue weighted by molar-refractivity contribution is -0.117. The van der Waals surface area contributed by atoms with Gasteiger partial charge in [0.15, 0.2) is 0 Å². The smallest absolute Gasteiger partial charge is 0.221 e. The fourth-order valence-corrected chi connectivity index (χ4v) is 6.89. The minimum Gasteiger partial charge on any atom is -0.369 e. The van der Waals surface area contributed by atoms with Gasteiger partial charge in [0.05, 0.1) is 12.2 Å². The van der Waals surface area contributed by atoms with Gasteiger partial charge in [0.25, 0.3) is 0 Å². The van der Waals surface area contributed by atoms with Crippen LogP contribution in [0, 0.1) is 0 Å². The van der Waals surface area contributed by atoms with Gasteiger partial charge < -0.3 is 15.6 Å². The Balaban J connectivity index is 1.52. The van der Waals surface area contributed by atoms with Crippen LogP contribution in [0.25, 0.3) is 22.0 Å². The molecule has 0 atom stereocenters. The van der Waals surface area contributed by atoms with Crippen LogP contribution in [0.15, 0.2) is 48.7 Å². The second kappa shape index (κ2) is 11.6. The first kappa shape index (κ1) is 26.4. The van der Waals surface area contributed by atoms with Crippen molar-refractivity contribution >= 4 is 26.8 Å². The molecule has 0 aliphatic carbocycles. The summed E-state index contributed by atoms with van der Waals surface area (Å²) in [4.78, 5) is 17.4. The van der Waals surface area contributed by atoms with Crippen molar-refractivity contribution in [2.45, 2.75) is 45.4 Å². The van der Waals surface area contributed by atoms with Crippen molar-refractivity contribution < 1.29 is 13.2 Å². The number of hydrogen-bond donors (Lipinski definition) is 2. The van der Waals surface area contributed by atoms with Crippen LogP contribution in [0.1, 0.15) is 50.2 Å². The number of piperidine rings is 1. The zero-order valence-electron chi connectivity index (χ0n) is 21.4. The van der Waals surface area contributed by atoms with Crippen molar-refractivity contribution in [1.82, 2.24) is 14.2 Å². The molecule has 1 fully saturated rings. The largest absolute Gasteiger partial charge is 0.369 e. The summed E-state index contributed by atoms with van der Waals surface area (Å²) in [6.07, 6.45) is 4.42. The molecule has 3 aromatic rings. The van der Waals surface area contributed by atoms with Crippen LogP contribution in [0.5, 0.6) is 0 Å². The van der Waals surface area contributed by atoms with Crippen LogP contribution in [0.2, 0.25) is 0 Å². The Morgan fingerprint density at radius 1 is 1.08 bits per heavy atom. The van der Waals surface area contributed by atoms with Gasteiger partial charge in [0.1, 0.15) is 0 Å². The third-order valence-electron chi connectivity index (χ3n) is 7.43. The van der Waals surface area contributed by atoms with E-state index < -0.39 is 10.0 Å². The number of hydrogen-bond acceptors (Lipinski definition) is 4. The molecule has 1 aliphatic heterocycles. The number of H-pyrrole nitrogens is 1. The Morgan fingerprint density at radius 3 is 2.42 bits per heavy atom. The number of nitrogens with one attached hydrogen (secondary N) is 1. The van der Waals surface area contributed by atoms with Gasteiger partial charge in [-0.3, -0.25) is 4.79 Å². The molecule has 0 radical (unpaired) electrons. The highest BCUT2D eigenvalue weighted by Gasteiger charge is 2.30. The number of aromatic nitrogens is 1. The average Bonchev–Trinajstić information content (AvgIpc) is 3.31. The number of benzene rings is 2. The molecule has 1 saturated heterocycles. The highest BCUT2D eigenvalue weighted by atomic mass is 32.2. The van der Waals surface area contributed by atoms with Crippen LogP contribution >= 0.6 is 0 Å². The predicted octanol–water partition coefficient (Wildman–Crippen LogP) is 4.10. The Bertz CT molecular complexity index is 1270. The van der Waals surface area contributed by atoms with Gasteiger partial charge in [-0.1, -0.05) is 44.2 Å². The molecule has 194 valence electrons. The fourth-order valence-electron chi connectivity index (χ4n) is 5.37. The van der Waals surface area contributed by atoms with Crippen molar-refractivity contribution in [2.75, 3.05) is 38.5 Å². The monoisotopic (exact) mass is 510 g/mol. The molecule has 3 N–H and O–H groups in total. The number of nitrogens with two attached hydrogens (primary N) is 1. The standard InChI is InChI=1S/C28H38N4O3S/c1-3-31(4-2)13-8-16-36(34,35)32-14-11-22(12-15-32)26-20-30-28-24(19-27(29)33)17-23(18-25(26)28)21-9-6-5-7-10-21/h5-7,9-10,17-18,20,22,30H,3-4,8,11-16,19H2,1-2H3,(H2,29,33). The van der Waals surface area contributed by atoms with E-state index in [2.05, 4.69) is 41.9 Å². The normalized spacial score (nSPS) is 15.6. The van der Waals surface area contributed by atoms with Gasteiger partial charge in [0.2, 0.25) is 15.9 Å². The first-order chi connectivity index (χ1) is 17.3. The van der Waals surface area contributed by atoms with Crippen LogP contribution in [-0.4, -0.2) is 67.0 Å². The van der Waals surface area contributed by atoms with E-state index in [4.69, 9.17) is 5.73 Å². The number of fused-ring (bicyclic) bond motifs is 1. The quantitative estimate of drug-likeness (QED) is 0.406. The molecular formula is C28H38N4O3S. The molecule has 0 bridgehead atoms. The van der Waals surface area contributed by atoms with Gasteiger partial charge in [0, 0.05) is 30.2 Å². The number of carbonyl (C=O) groups is 1. The zero-order valence-corrected chi connectivity index (χ0v) is 22.2. The summed E-state index contributed by atoms with van der Waals surface area (Å²) < 4.78 is 27.6. The van der Waals surface area contributed by atoms with Gasteiger partial charge in [-0.25, -0.2) is 12.7 Å². The van der Waals surface area contributed by atoms with Crippen molar-refractivity contribution in [1.29, 1.82) is 0 Å². The second-order valence-electron chi connectivity index (χ2n) is 9.68. The minimum absolute atomic E-state index is 0.168. The van der Waals surface area contributed by atoms with Gasteiger partial charge in [-0.15, -0.1) is 0 Å². The third kappa shape index (κ3) is 5.99. The molecule has 4 rings (SSSR count). The Kier molecular flexibility index (Phi) is 8.49. The summed E-state index contributed by atoms with van der Waals surface area (Å²) in [7, 11) is -3.25. The molecule has 1 aliphatic rings. The van der Waals surface area contributed by atoms with Crippen molar-refractivity contribution in [2.24, 2.45) is 5.73 Å². The molecule has 7 nitrogen and oxygen atoms in total. The van der Waals surface area contributed by atoms with E-state index in [0.717, 1.165) is 60.1 Å². The molecule has 0 saturated carbocycles. The second-order valence-corrected chi connectivity index (χ2v) is 11.8. The van der Waals surface area contributed by atoms with Gasteiger partial charge >= 0.3 is 0 Å². The van der Waals surface area contributed by atoms with E-state index in [0.29, 0.717) is 19.5 Å². The lowest BCUT2D eigenvalue weighted by atomic mass is 9.88. The first-order valence-electron chi connectivity index (χ1n) is 13.0. The highest BCUT2D eigenvalue weighted by molar-refractivity contribution is 7.89. The number of rotatable bonds is 11. The SMILES string of the molecule is CCN(CC)CCCS(=O)(=O)N1CCC(c2c[nH]c3c(CC(N)=O)cc(-c4ccccc4)cc23)CC1. The summed E-state index contributed by atoms with van der Waals surface area (Å²) in [5.74, 6) is 0.100. The molecule has 0 unspecified atom stereocenters. The van der Waals surface area contributed by atoms with E-state index in [1.807, 2.05) is 30.5 Å². The number of primary amides is 1.